The summed E-state index contributed by atoms with van der Waals surface area (Å²) < 4.78 is 11.6. The molecular formula is C25H30N4O5S. The van der Waals surface area contributed by atoms with Crippen LogP contribution in [0.2, 0.25) is 0 Å². The maximum Gasteiger partial charge on any atom is 0.330 e. The van der Waals surface area contributed by atoms with Crippen LogP contribution >= 0.6 is 11.8 Å². The number of carbonyl (C=O) groups excluding carboxylic acids is 1. The highest BCUT2D eigenvalue weighted by Crippen LogP contribution is 2.24. The monoisotopic (exact) mass is 498 g/mol. The van der Waals surface area contributed by atoms with E-state index in [0.717, 1.165) is 16.2 Å². The molecule has 1 aromatic heterocycles. The van der Waals surface area contributed by atoms with Crippen LogP contribution in [0.3, 0.4) is 0 Å². The number of aromatic amines is 1. The third-order valence-electron chi connectivity index (χ3n) is 5.34. The van der Waals surface area contributed by atoms with Crippen molar-refractivity contribution in [2.45, 2.75) is 24.3 Å². The summed E-state index contributed by atoms with van der Waals surface area (Å²) in [5.74, 6) is 0.961. The number of nitrogens with one attached hydrogen (secondary N) is 1. The SMILES string of the molecule is COCCCN(C(=O)CCSc1ccc(OC)cc1)c1c(N)n(Cc2ccccc2)c(=O)[nH]c1=O. The summed E-state index contributed by atoms with van der Waals surface area (Å²) in [5, 5.41) is 0. The Balaban J connectivity index is 1.83. The molecule has 9 nitrogen and oxygen atoms in total. The second kappa shape index (κ2) is 12.8. The van der Waals surface area contributed by atoms with Gasteiger partial charge in [0.2, 0.25) is 5.91 Å². The zero-order valence-electron chi connectivity index (χ0n) is 19.9. The Bertz CT molecular complexity index is 1230. The highest BCUT2D eigenvalue weighted by Gasteiger charge is 2.24. The molecule has 2 aromatic carbocycles. The molecule has 0 aliphatic heterocycles. The molecule has 1 heterocycles. The molecule has 186 valence electrons. The van der Waals surface area contributed by atoms with E-state index in [1.54, 1.807) is 14.2 Å². The average Bonchev–Trinajstić information content (AvgIpc) is 2.86. The molecule has 10 heteroatoms. The molecular weight excluding hydrogens is 468 g/mol. The van der Waals surface area contributed by atoms with Crippen molar-refractivity contribution in [3.63, 3.8) is 0 Å². The number of nitrogens with zero attached hydrogens (tertiary/aromatic N) is 2. The van der Waals surface area contributed by atoms with Crippen molar-refractivity contribution < 1.29 is 14.3 Å². The number of thioether (sulfide) groups is 1. The van der Waals surface area contributed by atoms with Gasteiger partial charge in [-0.1, -0.05) is 30.3 Å². The van der Waals surface area contributed by atoms with Crippen molar-refractivity contribution in [3.8, 4) is 5.75 Å². The zero-order chi connectivity index (χ0) is 25.2. The number of hydrogen-bond acceptors (Lipinski definition) is 7. The van der Waals surface area contributed by atoms with E-state index in [1.165, 1.54) is 21.2 Å². The molecule has 0 atom stereocenters. The normalized spacial score (nSPS) is 10.8. The number of carbonyl (C=O) groups is 1. The maximum absolute atomic E-state index is 13.2. The van der Waals surface area contributed by atoms with Gasteiger partial charge in [-0.3, -0.25) is 19.1 Å². The fourth-order valence-electron chi connectivity index (χ4n) is 3.55. The summed E-state index contributed by atoms with van der Waals surface area (Å²) >= 11 is 1.52. The van der Waals surface area contributed by atoms with E-state index in [2.05, 4.69) is 4.98 Å². The van der Waals surface area contributed by atoms with Crippen molar-refractivity contribution in [3.05, 3.63) is 81.0 Å². The first-order valence-corrected chi connectivity index (χ1v) is 12.2. The van der Waals surface area contributed by atoms with E-state index in [9.17, 15) is 14.4 Å². The number of aromatic nitrogens is 2. The summed E-state index contributed by atoms with van der Waals surface area (Å²) in [6.07, 6.45) is 0.685. The number of rotatable bonds is 12. The Morgan fingerprint density at radius 1 is 1.09 bits per heavy atom. The van der Waals surface area contributed by atoms with Crippen LogP contribution in [0.5, 0.6) is 5.75 Å². The van der Waals surface area contributed by atoms with E-state index < -0.39 is 11.2 Å². The number of hydrogen-bond donors (Lipinski definition) is 2. The number of benzene rings is 2. The molecule has 1 amide bonds. The van der Waals surface area contributed by atoms with Crippen LogP contribution in [0.15, 0.2) is 69.1 Å². The van der Waals surface area contributed by atoms with Crippen LogP contribution < -0.4 is 26.6 Å². The third kappa shape index (κ3) is 7.00. The Labute approximate surface area is 207 Å². The van der Waals surface area contributed by atoms with Crippen molar-refractivity contribution in [2.24, 2.45) is 0 Å². The molecule has 0 radical (unpaired) electrons. The lowest BCUT2D eigenvalue weighted by Crippen LogP contribution is -2.42. The van der Waals surface area contributed by atoms with Crippen molar-refractivity contribution in [1.82, 2.24) is 9.55 Å². The Morgan fingerprint density at radius 2 is 1.80 bits per heavy atom. The fraction of sp³-hybridized carbons (Fsp3) is 0.320. The quantitative estimate of drug-likeness (QED) is 0.291. The summed E-state index contributed by atoms with van der Waals surface area (Å²) in [6, 6.07) is 16.8. The fourth-order valence-corrected chi connectivity index (χ4v) is 4.39. The molecule has 0 aliphatic rings. The highest BCUT2D eigenvalue weighted by atomic mass is 32.2. The van der Waals surface area contributed by atoms with Crippen LogP contribution in [-0.2, 0) is 16.1 Å². The van der Waals surface area contributed by atoms with Crippen LogP contribution in [0, 0.1) is 0 Å². The van der Waals surface area contributed by atoms with Gasteiger partial charge in [0.05, 0.1) is 13.7 Å². The smallest absolute Gasteiger partial charge is 0.330 e. The van der Waals surface area contributed by atoms with Crippen LogP contribution in [0.25, 0.3) is 0 Å². The van der Waals surface area contributed by atoms with Crippen LogP contribution in [-0.4, -0.2) is 48.6 Å². The number of methoxy groups -OCH3 is 2. The molecule has 3 aromatic rings. The second-order valence-electron chi connectivity index (χ2n) is 7.73. The summed E-state index contributed by atoms with van der Waals surface area (Å²) in [6.45, 7) is 0.811. The number of nitrogen functional groups attached to an aromatic ring is 1. The van der Waals surface area contributed by atoms with Gasteiger partial charge in [-0.05, 0) is 36.2 Å². The summed E-state index contributed by atoms with van der Waals surface area (Å²) in [7, 11) is 3.17. The van der Waals surface area contributed by atoms with Crippen LogP contribution in [0.1, 0.15) is 18.4 Å². The molecule has 0 unspecified atom stereocenters. The molecule has 0 fully saturated rings. The molecule has 0 bridgehead atoms. The largest absolute Gasteiger partial charge is 0.497 e. The predicted molar refractivity (Wildman–Crippen MR) is 138 cm³/mol. The number of amides is 1. The van der Waals surface area contributed by atoms with Gasteiger partial charge in [-0.2, -0.15) is 0 Å². The first kappa shape index (κ1) is 26.1. The first-order chi connectivity index (χ1) is 16.9. The number of H-pyrrole nitrogens is 1. The minimum absolute atomic E-state index is 0.0175. The van der Waals surface area contributed by atoms with Gasteiger partial charge in [0.25, 0.3) is 5.56 Å². The maximum atomic E-state index is 13.2. The number of anilines is 2. The first-order valence-electron chi connectivity index (χ1n) is 11.2. The minimum atomic E-state index is -0.689. The van der Waals surface area contributed by atoms with Crippen molar-refractivity contribution in [1.29, 1.82) is 0 Å². The van der Waals surface area contributed by atoms with Crippen LogP contribution in [0.4, 0.5) is 11.5 Å². The standard InChI is InChI=1S/C25H30N4O5S/c1-33-15-6-14-28(21(30)13-16-35-20-11-9-19(34-2)10-12-20)22-23(26)29(25(32)27-24(22)31)17-18-7-4-3-5-8-18/h3-5,7-12H,6,13-17,26H2,1-2H3,(H,27,31,32). The van der Waals surface area contributed by atoms with E-state index in [4.69, 9.17) is 15.2 Å². The van der Waals surface area contributed by atoms with Crippen molar-refractivity contribution in [2.75, 3.05) is 43.8 Å². The predicted octanol–water partition coefficient (Wildman–Crippen LogP) is 2.73. The zero-order valence-corrected chi connectivity index (χ0v) is 20.7. The molecule has 35 heavy (non-hydrogen) atoms. The lowest BCUT2D eigenvalue weighted by Gasteiger charge is -2.24. The lowest BCUT2D eigenvalue weighted by atomic mass is 10.2. The molecule has 0 saturated carbocycles. The average molecular weight is 499 g/mol. The van der Waals surface area contributed by atoms with E-state index in [1.807, 2.05) is 54.6 Å². The number of ether oxygens (including phenoxy) is 2. The van der Waals surface area contributed by atoms with Gasteiger partial charge in [-0.15, -0.1) is 11.8 Å². The molecule has 3 N–H and O–H groups in total. The topological polar surface area (TPSA) is 120 Å². The molecule has 3 rings (SSSR count). The van der Waals surface area contributed by atoms with E-state index in [0.29, 0.717) is 18.8 Å². The minimum Gasteiger partial charge on any atom is -0.497 e. The van der Waals surface area contributed by atoms with Gasteiger partial charge < -0.3 is 20.1 Å². The molecule has 0 aliphatic carbocycles. The van der Waals surface area contributed by atoms with Gasteiger partial charge >= 0.3 is 5.69 Å². The molecule has 0 spiro atoms. The number of nitrogens with two attached hydrogens (primary N) is 1. The Kier molecular flexibility index (Phi) is 9.56. The van der Waals surface area contributed by atoms with Gasteiger partial charge in [0, 0.05) is 37.3 Å². The van der Waals surface area contributed by atoms with E-state index in [-0.39, 0.29) is 36.9 Å². The summed E-state index contributed by atoms with van der Waals surface area (Å²) in [4.78, 5) is 43.3. The Hall–Kier alpha value is -3.50. The van der Waals surface area contributed by atoms with Gasteiger partial charge in [0.15, 0.2) is 5.69 Å². The van der Waals surface area contributed by atoms with Gasteiger partial charge in [-0.25, -0.2) is 4.79 Å². The summed E-state index contributed by atoms with van der Waals surface area (Å²) in [5.41, 5.74) is 5.83. The molecule has 0 saturated heterocycles. The Morgan fingerprint density at radius 3 is 2.46 bits per heavy atom. The van der Waals surface area contributed by atoms with E-state index >= 15 is 0 Å². The van der Waals surface area contributed by atoms with Gasteiger partial charge in [0.1, 0.15) is 11.6 Å². The lowest BCUT2D eigenvalue weighted by molar-refractivity contribution is -0.118. The van der Waals surface area contributed by atoms with Crippen molar-refractivity contribution >= 4 is 29.2 Å². The second-order valence-corrected chi connectivity index (χ2v) is 8.90. The highest BCUT2D eigenvalue weighted by molar-refractivity contribution is 7.99. The third-order valence-corrected chi connectivity index (χ3v) is 6.36.